The largest absolute Gasteiger partial charge is 0.342 e. The van der Waals surface area contributed by atoms with Gasteiger partial charge in [0.05, 0.1) is 12.5 Å². The lowest BCUT2D eigenvalue weighted by Gasteiger charge is -2.35. The summed E-state index contributed by atoms with van der Waals surface area (Å²) in [6, 6.07) is 9.85. The highest BCUT2D eigenvalue weighted by molar-refractivity contribution is 5.79. The van der Waals surface area contributed by atoms with E-state index < -0.39 is 0 Å². The topological polar surface area (TPSA) is 62.5 Å². The molecule has 2 aliphatic rings. The third kappa shape index (κ3) is 3.96. The van der Waals surface area contributed by atoms with Crippen LogP contribution in [-0.2, 0) is 11.3 Å². The summed E-state index contributed by atoms with van der Waals surface area (Å²) in [4.78, 5) is 21.7. The quantitative estimate of drug-likeness (QED) is 0.845. The standard InChI is InChI=1S/C20H26N4O2/c25-20(24-12-5-2-6-13-24)17-10-7-11-23(14-17)15-18-21-19(22-26-18)16-8-3-1-4-9-16/h1,3-4,8-9,17H,2,5-7,10-15H2. The van der Waals surface area contributed by atoms with Gasteiger partial charge in [-0.15, -0.1) is 0 Å². The second-order valence-corrected chi connectivity index (χ2v) is 7.34. The van der Waals surface area contributed by atoms with Crippen LogP contribution in [0.4, 0.5) is 0 Å². The van der Waals surface area contributed by atoms with Gasteiger partial charge in [-0.2, -0.15) is 4.98 Å². The van der Waals surface area contributed by atoms with E-state index in [1.807, 2.05) is 30.3 Å². The first-order valence-electron chi connectivity index (χ1n) is 9.69. The number of amides is 1. The number of rotatable bonds is 4. The van der Waals surface area contributed by atoms with E-state index in [2.05, 4.69) is 19.9 Å². The molecule has 2 saturated heterocycles. The van der Waals surface area contributed by atoms with Crippen LogP contribution in [0.3, 0.4) is 0 Å². The highest BCUT2D eigenvalue weighted by Crippen LogP contribution is 2.23. The molecule has 1 amide bonds. The van der Waals surface area contributed by atoms with E-state index in [1.54, 1.807) is 0 Å². The lowest BCUT2D eigenvalue weighted by molar-refractivity contribution is -0.138. The molecule has 0 radical (unpaired) electrons. The lowest BCUT2D eigenvalue weighted by atomic mass is 9.95. The van der Waals surface area contributed by atoms with Gasteiger partial charge in [-0.25, -0.2) is 0 Å². The van der Waals surface area contributed by atoms with Gasteiger partial charge in [-0.3, -0.25) is 9.69 Å². The molecule has 0 bridgehead atoms. The SMILES string of the molecule is O=C(C1CCCN(Cc2nc(-c3ccccc3)no2)C1)N1CCCCC1. The summed E-state index contributed by atoms with van der Waals surface area (Å²) in [6.45, 7) is 4.24. The number of carbonyl (C=O) groups is 1. The van der Waals surface area contributed by atoms with Crippen LogP contribution >= 0.6 is 0 Å². The maximum Gasteiger partial charge on any atom is 0.241 e. The minimum Gasteiger partial charge on any atom is -0.342 e. The van der Waals surface area contributed by atoms with E-state index in [-0.39, 0.29) is 5.92 Å². The fraction of sp³-hybridized carbons (Fsp3) is 0.550. The molecule has 0 saturated carbocycles. The Hall–Kier alpha value is -2.21. The lowest BCUT2D eigenvalue weighted by Crippen LogP contribution is -2.46. The van der Waals surface area contributed by atoms with E-state index in [4.69, 9.17) is 4.52 Å². The number of likely N-dealkylation sites (tertiary alicyclic amines) is 2. The first kappa shape index (κ1) is 17.2. The Labute approximate surface area is 154 Å². The van der Waals surface area contributed by atoms with Gasteiger partial charge in [0.2, 0.25) is 17.6 Å². The molecule has 138 valence electrons. The molecule has 0 spiro atoms. The summed E-state index contributed by atoms with van der Waals surface area (Å²) in [5.74, 6) is 1.69. The monoisotopic (exact) mass is 354 g/mol. The van der Waals surface area contributed by atoms with E-state index in [0.29, 0.717) is 24.2 Å². The van der Waals surface area contributed by atoms with Crippen molar-refractivity contribution in [2.24, 2.45) is 5.92 Å². The maximum atomic E-state index is 12.8. The predicted molar refractivity (Wildman–Crippen MR) is 98.2 cm³/mol. The highest BCUT2D eigenvalue weighted by atomic mass is 16.5. The van der Waals surface area contributed by atoms with E-state index in [1.165, 1.54) is 6.42 Å². The van der Waals surface area contributed by atoms with Crippen LogP contribution in [-0.4, -0.2) is 52.0 Å². The van der Waals surface area contributed by atoms with Crippen molar-refractivity contribution in [2.45, 2.75) is 38.6 Å². The molecule has 6 heteroatoms. The Morgan fingerprint density at radius 3 is 2.69 bits per heavy atom. The Kier molecular flexibility index (Phi) is 5.29. The number of carbonyl (C=O) groups excluding carboxylic acids is 1. The summed E-state index contributed by atoms with van der Waals surface area (Å²) in [5.41, 5.74) is 0.958. The fourth-order valence-electron chi connectivity index (χ4n) is 3.99. The summed E-state index contributed by atoms with van der Waals surface area (Å²) in [5, 5.41) is 4.09. The fourth-order valence-corrected chi connectivity index (χ4v) is 3.99. The van der Waals surface area contributed by atoms with Gasteiger partial charge in [0.25, 0.3) is 0 Å². The van der Waals surface area contributed by atoms with Crippen molar-refractivity contribution in [3.8, 4) is 11.4 Å². The summed E-state index contributed by atoms with van der Waals surface area (Å²) in [6.07, 6.45) is 5.58. The normalized spacial score (nSPS) is 21.7. The molecule has 3 heterocycles. The minimum atomic E-state index is 0.110. The van der Waals surface area contributed by atoms with E-state index >= 15 is 0 Å². The van der Waals surface area contributed by atoms with Crippen molar-refractivity contribution < 1.29 is 9.32 Å². The smallest absolute Gasteiger partial charge is 0.241 e. The van der Waals surface area contributed by atoms with E-state index in [0.717, 1.165) is 57.4 Å². The average Bonchev–Trinajstić information content (AvgIpc) is 3.17. The first-order chi connectivity index (χ1) is 12.8. The summed E-state index contributed by atoms with van der Waals surface area (Å²) >= 11 is 0. The summed E-state index contributed by atoms with van der Waals surface area (Å²) < 4.78 is 5.44. The molecule has 1 atom stereocenters. The number of hydrogen-bond donors (Lipinski definition) is 0. The zero-order valence-corrected chi connectivity index (χ0v) is 15.1. The van der Waals surface area contributed by atoms with Crippen LogP contribution in [0.15, 0.2) is 34.9 Å². The van der Waals surface area contributed by atoms with Crippen LogP contribution in [0.5, 0.6) is 0 Å². The first-order valence-corrected chi connectivity index (χ1v) is 9.69. The number of aromatic nitrogens is 2. The number of piperidine rings is 2. The molecule has 1 aromatic carbocycles. The third-order valence-electron chi connectivity index (χ3n) is 5.38. The number of hydrogen-bond acceptors (Lipinski definition) is 5. The minimum absolute atomic E-state index is 0.110. The van der Waals surface area contributed by atoms with Crippen molar-refractivity contribution in [1.29, 1.82) is 0 Å². The number of benzene rings is 1. The van der Waals surface area contributed by atoms with Gasteiger partial charge in [0.15, 0.2) is 0 Å². The molecular formula is C20H26N4O2. The zero-order chi connectivity index (χ0) is 17.8. The van der Waals surface area contributed by atoms with Crippen LogP contribution in [0.25, 0.3) is 11.4 Å². The van der Waals surface area contributed by atoms with Gasteiger partial charge in [0.1, 0.15) is 0 Å². The second-order valence-electron chi connectivity index (χ2n) is 7.34. The van der Waals surface area contributed by atoms with Gasteiger partial charge < -0.3 is 9.42 Å². The predicted octanol–water partition coefficient (Wildman–Crippen LogP) is 2.96. The Bertz CT molecular complexity index is 724. The second kappa shape index (κ2) is 7.99. The Balaban J connectivity index is 1.36. The summed E-state index contributed by atoms with van der Waals surface area (Å²) in [7, 11) is 0. The van der Waals surface area contributed by atoms with Gasteiger partial charge in [0, 0.05) is 25.2 Å². The molecule has 0 N–H and O–H groups in total. The van der Waals surface area contributed by atoms with Gasteiger partial charge in [-0.05, 0) is 38.6 Å². The molecule has 2 aromatic rings. The Morgan fingerprint density at radius 2 is 1.88 bits per heavy atom. The van der Waals surface area contributed by atoms with Crippen molar-refractivity contribution in [3.63, 3.8) is 0 Å². The van der Waals surface area contributed by atoms with Crippen LogP contribution in [0.1, 0.15) is 38.0 Å². The molecule has 1 aromatic heterocycles. The van der Waals surface area contributed by atoms with Crippen molar-refractivity contribution in [1.82, 2.24) is 19.9 Å². The molecule has 1 unspecified atom stereocenters. The van der Waals surface area contributed by atoms with Crippen LogP contribution < -0.4 is 0 Å². The maximum absolute atomic E-state index is 12.8. The Morgan fingerprint density at radius 1 is 1.08 bits per heavy atom. The van der Waals surface area contributed by atoms with Crippen LogP contribution in [0, 0.1) is 5.92 Å². The van der Waals surface area contributed by atoms with Crippen molar-refractivity contribution >= 4 is 5.91 Å². The molecule has 4 rings (SSSR count). The molecule has 0 aliphatic carbocycles. The molecule has 26 heavy (non-hydrogen) atoms. The molecule has 6 nitrogen and oxygen atoms in total. The molecule has 2 aliphatic heterocycles. The van der Waals surface area contributed by atoms with E-state index in [9.17, 15) is 4.79 Å². The average molecular weight is 354 g/mol. The van der Waals surface area contributed by atoms with Gasteiger partial charge >= 0.3 is 0 Å². The zero-order valence-electron chi connectivity index (χ0n) is 15.1. The number of nitrogens with zero attached hydrogens (tertiary/aromatic N) is 4. The third-order valence-corrected chi connectivity index (χ3v) is 5.38. The van der Waals surface area contributed by atoms with Gasteiger partial charge in [-0.1, -0.05) is 35.5 Å². The molecule has 2 fully saturated rings. The van der Waals surface area contributed by atoms with Crippen LogP contribution in [0.2, 0.25) is 0 Å². The van der Waals surface area contributed by atoms with Crippen molar-refractivity contribution in [2.75, 3.05) is 26.2 Å². The highest BCUT2D eigenvalue weighted by Gasteiger charge is 2.30. The molecular weight excluding hydrogens is 328 g/mol. The van der Waals surface area contributed by atoms with Crippen molar-refractivity contribution in [3.05, 3.63) is 36.2 Å².